The zero-order chi connectivity index (χ0) is 12.0. The number of rotatable bonds is 4. The van der Waals surface area contributed by atoms with E-state index in [0.29, 0.717) is 32.2 Å². The number of sulfone groups is 1. The number of hydrogen-bond donors (Lipinski definition) is 1. The van der Waals surface area contributed by atoms with Crippen LogP contribution in [0.4, 0.5) is 0 Å². The summed E-state index contributed by atoms with van der Waals surface area (Å²) < 4.78 is 23.2. The van der Waals surface area contributed by atoms with Crippen molar-refractivity contribution in [2.45, 2.75) is 37.4 Å². The van der Waals surface area contributed by atoms with E-state index in [4.69, 9.17) is 6.42 Å². The van der Waals surface area contributed by atoms with Crippen LogP contribution in [-0.2, 0) is 14.6 Å². The molecule has 1 N–H and O–H groups in total. The van der Waals surface area contributed by atoms with Gasteiger partial charge in [-0.05, 0) is 19.3 Å². The van der Waals surface area contributed by atoms with Gasteiger partial charge in [0.1, 0.15) is 5.25 Å². The van der Waals surface area contributed by atoms with Gasteiger partial charge in [-0.1, -0.05) is 6.42 Å². The van der Waals surface area contributed by atoms with Gasteiger partial charge in [-0.15, -0.1) is 12.3 Å². The first-order valence-electron chi connectivity index (χ1n) is 5.50. The molecule has 4 nitrogen and oxygen atoms in total. The Balaban J connectivity index is 2.44. The Morgan fingerprint density at radius 3 is 2.81 bits per heavy atom. The van der Waals surface area contributed by atoms with E-state index < -0.39 is 15.1 Å². The first-order valence-corrected chi connectivity index (χ1v) is 7.22. The summed E-state index contributed by atoms with van der Waals surface area (Å²) in [5.74, 6) is 2.24. The molecule has 0 aromatic heterocycles. The predicted molar refractivity (Wildman–Crippen MR) is 62.5 cm³/mol. The zero-order valence-corrected chi connectivity index (χ0v) is 10.1. The first kappa shape index (κ1) is 13.0. The van der Waals surface area contributed by atoms with Crippen molar-refractivity contribution in [2.75, 3.05) is 12.3 Å². The van der Waals surface area contributed by atoms with E-state index in [2.05, 4.69) is 11.2 Å². The Labute approximate surface area is 96.7 Å². The lowest BCUT2D eigenvalue weighted by molar-refractivity contribution is -0.120. The Morgan fingerprint density at radius 2 is 2.19 bits per heavy atom. The minimum Gasteiger partial charge on any atom is -0.355 e. The second kappa shape index (κ2) is 5.90. The second-order valence-electron chi connectivity index (χ2n) is 3.95. The van der Waals surface area contributed by atoms with Crippen LogP contribution in [0.15, 0.2) is 0 Å². The largest absolute Gasteiger partial charge is 0.355 e. The van der Waals surface area contributed by atoms with Crippen LogP contribution >= 0.6 is 0 Å². The fourth-order valence-corrected chi connectivity index (χ4v) is 3.59. The highest BCUT2D eigenvalue weighted by molar-refractivity contribution is 7.92. The van der Waals surface area contributed by atoms with Crippen LogP contribution < -0.4 is 5.32 Å². The van der Waals surface area contributed by atoms with Crippen LogP contribution in [0.1, 0.15) is 32.1 Å². The number of hydrogen-bond acceptors (Lipinski definition) is 3. The quantitative estimate of drug-likeness (QED) is 0.577. The Morgan fingerprint density at radius 1 is 1.44 bits per heavy atom. The van der Waals surface area contributed by atoms with Crippen LogP contribution in [0.5, 0.6) is 0 Å². The summed E-state index contributed by atoms with van der Waals surface area (Å²) in [6, 6.07) is 0. The lowest BCUT2D eigenvalue weighted by Gasteiger charge is -2.21. The molecule has 90 valence electrons. The second-order valence-corrected chi connectivity index (χ2v) is 6.25. The predicted octanol–water partition coefficient (Wildman–Crippen LogP) is 0.483. The summed E-state index contributed by atoms with van der Waals surface area (Å²) in [5.41, 5.74) is 0. The molecule has 1 heterocycles. The third-order valence-corrected chi connectivity index (χ3v) is 4.84. The topological polar surface area (TPSA) is 63.2 Å². The number of carbonyl (C=O) groups is 1. The SMILES string of the molecule is C#CCCCNC(=O)C1CCCCS1(=O)=O. The van der Waals surface area contributed by atoms with Crippen molar-refractivity contribution in [1.29, 1.82) is 0 Å². The molecule has 0 radical (unpaired) electrons. The molecule has 1 fully saturated rings. The molecule has 0 aromatic rings. The van der Waals surface area contributed by atoms with E-state index in [1.165, 1.54) is 0 Å². The Kier molecular flexibility index (Phi) is 4.81. The lowest BCUT2D eigenvalue weighted by atomic mass is 10.2. The normalized spacial score (nSPS) is 23.3. The van der Waals surface area contributed by atoms with Gasteiger partial charge in [0.15, 0.2) is 9.84 Å². The van der Waals surface area contributed by atoms with E-state index in [9.17, 15) is 13.2 Å². The highest BCUT2D eigenvalue weighted by Crippen LogP contribution is 2.19. The number of carbonyl (C=O) groups excluding carboxylic acids is 1. The average molecular weight is 243 g/mol. The van der Waals surface area contributed by atoms with Gasteiger partial charge < -0.3 is 5.32 Å². The molecule has 0 aliphatic carbocycles. The van der Waals surface area contributed by atoms with Crippen LogP contribution in [0.2, 0.25) is 0 Å². The molecule has 0 aromatic carbocycles. The van der Waals surface area contributed by atoms with Gasteiger partial charge in [-0.3, -0.25) is 4.79 Å². The maximum atomic E-state index is 11.6. The van der Waals surface area contributed by atoms with Crippen molar-refractivity contribution < 1.29 is 13.2 Å². The van der Waals surface area contributed by atoms with Gasteiger partial charge in [0, 0.05) is 13.0 Å². The van der Waals surface area contributed by atoms with E-state index in [1.807, 2.05) is 0 Å². The fraction of sp³-hybridized carbons (Fsp3) is 0.727. The molecular formula is C11H17NO3S. The number of nitrogens with one attached hydrogen (secondary N) is 1. The van der Waals surface area contributed by atoms with Crippen molar-refractivity contribution in [3.8, 4) is 12.3 Å². The molecule has 1 aliphatic heterocycles. The van der Waals surface area contributed by atoms with Crippen molar-refractivity contribution in [2.24, 2.45) is 0 Å². The third-order valence-electron chi connectivity index (χ3n) is 2.67. The van der Waals surface area contributed by atoms with Gasteiger partial charge in [0.2, 0.25) is 5.91 Å². The third kappa shape index (κ3) is 3.53. The molecule has 0 saturated carbocycles. The van der Waals surface area contributed by atoms with E-state index in [-0.39, 0.29) is 11.7 Å². The molecule has 16 heavy (non-hydrogen) atoms. The molecule has 1 aliphatic rings. The van der Waals surface area contributed by atoms with Crippen molar-refractivity contribution in [1.82, 2.24) is 5.32 Å². The summed E-state index contributed by atoms with van der Waals surface area (Å²) >= 11 is 0. The van der Waals surface area contributed by atoms with Crippen LogP contribution in [-0.4, -0.2) is 31.9 Å². The van der Waals surface area contributed by atoms with E-state index in [0.717, 1.165) is 6.42 Å². The highest BCUT2D eigenvalue weighted by atomic mass is 32.2. The minimum absolute atomic E-state index is 0.134. The lowest BCUT2D eigenvalue weighted by Crippen LogP contribution is -2.43. The molecule has 1 saturated heterocycles. The number of terminal acetylenes is 1. The van der Waals surface area contributed by atoms with Gasteiger partial charge in [-0.2, -0.15) is 0 Å². The highest BCUT2D eigenvalue weighted by Gasteiger charge is 2.34. The molecule has 1 unspecified atom stereocenters. The number of amides is 1. The zero-order valence-electron chi connectivity index (χ0n) is 9.24. The molecule has 1 rings (SSSR count). The van der Waals surface area contributed by atoms with Crippen molar-refractivity contribution in [3.63, 3.8) is 0 Å². The average Bonchev–Trinajstić information content (AvgIpc) is 2.23. The van der Waals surface area contributed by atoms with Gasteiger partial charge in [0.05, 0.1) is 5.75 Å². The molecule has 0 bridgehead atoms. The maximum Gasteiger partial charge on any atom is 0.238 e. The van der Waals surface area contributed by atoms with E-state index >= 15 is 0 Å². The summed E-state index contributed by atoms with van der Waals surface area (Å²) in [4.78, 5) is 11.6. The number of unbranched alkanes of at least 4 members (excludes halogenated alkanes) is 1. The van der Waals surface area contributed by atoms with Gasteiger partial charge in [-0.25, -0.2) is 8.42 Å². The van der Waals surface area contributed by atoms with E-state index in [1.54, 1.807) is 0 Å². The van der Waals surface area contributed by atoms with Crippen LogP contribution in [0, 0.1) is 12.3 Å². The standard InChI is InChI=1S/C11H17NO3S/c1-2-3-5-8-12-11(13)10-7-4-6-9-16(10,14)15/h1,10H,3-9H2,(H,12,13). The first-order chi connectivity index (χ1) is 7.58. The monoisotopic (exact) mass is 243 g/mol. The summed E-state index contributed by atoms with van der Waals surface area (Å²) in [5, 5.41) is 1.79. The van der Waals surface area contributed by atoms with Gasteiger partial charge in [0.25, 0.3) is 0 Å². The maximum absolute atomic E-state index is 11.6. The smallest absolute Gasteiger partial charge is 0.238 e. The molecule has 1 atom stereocenters. The minimum atomic E-state index is -3.22. The Hall–Kier alpha value is -1.02. The molecule has 0 spiro atoms. The summed E-state index contributed by atoms with van der Waals surface area (Å²) in [6.45, 7) is 0.453. The Bertz CT molecular complexity index is 381. The molecule has 1 amide bonds. The van der Waals surface area contributed by atoms with Crippen molar-refractivity contribution in [3.05, 3.63) is 0 Å². The fourth-order valence-electron chi connectivity index (χ4n) is 1.76. The molecule has 5 heteroatoms. The summed E-state index contributed by atoms with van der Waals surface area (Å²) in [7, 11) is -3.22. The van der Waals surface area contributed by atoms with Crippen molar-refractivity contribution >= 4 is 15.7 Å². The summed E-state index contributed by atoms with van der Waals surface area (Å²) in [6.07, 6.45) is 8.28. The van der Waals surface area contributed by atoms with Crippen LogP contribution in [0.3, 0.4) is 0 Å². The van der Waals surface area contributed by atoms with Gasteiger partial charge >= 0.3 is 0 Å². The van der Waals surface area contributed by atoms with Crippen LogP contribution in [0.25, 0.3) is 0 Å². The molecular weight excluding hydrogens is 226 g/mol.